The number of aliphatic carboxylic acids is 1. The van der Waals surface area contributed by atoms with Crippen LogP contribution in [0.3, 0.4) is 0 Å². The first-order chi connectivity index (χ1) is 39.3. The summed E-state index contributed by atoms with van der Waals surface area (Å²) in [5, 5.41) is 56.4. The summed E-state index contributed by atoms with van der Waals surface area (Å²) in [7, 11) is -4.39. The number of aryl methyl sites for hydroxylation is 1. The second kappa shape index (κ2) is 26.0. The van der Waals surface area contributed by atoms with Crippen LogP contribution in [0.25, 0.3) is 11.0 Å². The number of amides is 4. The lowest BCUT2D eigenvalue weighted by Gasteiger charge is -2.38. The molecule has 0 radical (unpaired) electrons. The van der Waals surface area contributed by atoms with Crippen LogP contribution in [-0.2, 0) is 80.1 Å². The first-order valence-corrected chi connectivity index (χ1v) is 28.4. The van der Waals surface area contributed by atoms with Gasteiger partial charge in [0.2, 0.25) is 18.1 Å². The molecule has 9 N–H and O–H groups in total. The first kappa shape index (κ1) is 61.7. The number of hydrogen-bond donors (Lipinski definition) is 8. The zero-order chi connectivity index (χ0) is 60.0. The second-order valence-electron chi connectivity index (χ2n) is 22.0. The molecule has 2 aliphatic carbocycles. The Hall–Kier alpha value is -7.38. The monoisotopic (exact) mass is 1180 g/mol. The first-order valence-electron chi connectivity index (χ1n) is 26.9. The highest BCUT2D eigenvalue weighted by Crippen LogP contribution is 2.41. The standard InChI is InChI=1S/C54H68N8O20S/c1-53(2,19-22-77-54(3,4)18-15-42(66)82-62-40(64)13-14-41(62)65)51(72)56-20-16-39(63)59-36-23-29(9-12-37(36)79-50-45(69)43(67)44(68)46(81-50)49(70)71)26-76-52(73)80-38-25-32(24-31(38)27-78-83(55,74)75)61-21-17-34-47(57-28-58-48(34)61)60-35-11-10-30-7-5-6-8-33(30)35/h5-9,12,17,21,23,28,31-32,35,38,43-46,50,67-69H,10-11,13-16,18-20,22,24-27H2,1-4H3,(H,56,72)(H,59,63)(H,70,71)(H2,55,74,75)(H,57,58,60)/t31-,32+,35-,38+,43-,44-,45+,46-,50+/m0/s1. The molecule has 4 aliphatic rings. The summed E-state index contributed by atoms with van der Waals surface area (Å²) in [5.41, 5.74) is 1.28. The second-order valence-corrected chi connectivity index (χ2v) is 23.2. The Balaban J connectivity index is 0.884. The van der Waals surface area contributed by atoms with Gasteiger partial charge in [-0.3, -0.25) is 23.4 Å². The van der Waals surface area contributed by atoms with Crippen LogP contribution in [0.4, 0.5) is 16.3 Å². The number of nitrogens with zero attached hydrogens (tertiary/aromatic N) is 4. The number of ether oxygens (including phenoxy) is 5. The fourth-order valence-electron chi connectivity index (χ4n) is 10.2. The average Bonchev–Trinajstić information content (AvgIpc) is 4.34. The molecule has 450 valence electrons. The van der Waals surface area contributed by atoms with Gasteiger partial charge in [-0.05, 0) is 80.8 Å². The highest BCUT2D eigenvalue weighted by atomic mass is 32.2. The lowest BCUT2D eigenvalue weighted by Crippen LogP contribution is -2.61. The number of carbonyl (C=O) groups is 7. The summed E-state index contributed by atoms with van der Waals surface area (Å²) in [6, 6.07) is 13.7. The number of carbonyl (C=O) groups excluding carboxylic acids is 6. The van der Waals surface area contributed by atoms with Crippen molar-refractivity contribution in [2.75, 3.05) is 30.4 Å². The molecule has 4 aromatic rings. The van der Waals surface area contributed by atoms with Crippen LogP contribution in [-0.4, -0.2) is 152 Å². The normalized spacial score (nSPS) is 23.6. The molecule has 4 amide bonds. The van der Waals surface area contributed by atoms with Gasteiger partial charge in [0.1, 0.15) is 54.6 Å². The zero-order valence-electron chi connectivity index (χ0n) is 46.0. The van der Waals surface area contributed by atoms with Crippen molar-refractivity contribution in [1.82, 2.24) is 24.9 Å². The maximum absolute atomic E-state index is 13.5. The number of carboxylic acid groups (broad SMARTS) is 1. The van der Waals surface area contributed by atoms with Crippen molar-refractivity contribution < 1.29 is 95.1 Å². The fraction of sp³-hybridized carbons (Fsp3) is 0.537. The van der Waals surface area contributed by atoms with Gasteiger partial charge in [-0.25, -0.2) is 29.5 Å². The van der Waals surface area contributed by atoms with E-state index in [1.165, 1.54) is 35.7 Å². The van der Waals surface area contributed by atoms with E-state index in [0.29, 0.717) is 16.5 Å². The zero-order valence-corrected chi connectivity index (χ0v) is 46.8. The molecule has 2 aromatic heterocycles. The molecular weight excluding hydrogens is 1110 g/mol. The summed E-state index contributed by atoms with van der Waals surface area (Å²) >= 11 is 0. The van der Waals surface area contributed by atoms with Crippen LogP contribution in [0.2, 0.25) is 0 Å². The van der Waals surface area contributed by atoms with Gasteiger partial charge in [-0.2, -0.15) is 8.42 Å². The van der Waals surface area contributed by atoms with Crippen molar-refractivity contribution in [2.45, 2.75) is 153 Å². The number of anilines is 2. The number of rotatable bonds is 25. The summed E-state index contributed by atoms with van der Waals surface area (Å²) in [6.07, 6.45) is -6.62. The van der Waals surface area contributed by atoms with Gasteiger partial charge in [-0.1, -0.05) is 44.2 Å². The number of aliphatic hydroxyl groups is 3. The lowest BCUT2D eigenvalue weighted by molar-refractivity contribution is -0.271. The Morgan fingerprint density at radius 2 is 1.65 bits per heavy atom. The summed E-state index contributed by atoms with van der Waals surface area (Å²) < 4.78 is 59.1. The van der Waals surface area contributed by atoms with Crippen molar-refractivity contribution in [1.29, 1.82) is 0 Å². The van der Waals surface area contributed by atoms with E-state index in [1.54, 1.807) is 27.7 Å². The minimum Gasteiger partial charge on any atom is -0.479 e. The van der Waals surface area contributed by atoms with Gasteiger partial charge in [0.25, 0.3) is 11.8 Å². The number of hydroxylamine groups is 2. The number of aliphatic hydroxyl groups excluding tert-OH is 3. The minimum absolute atomic E-state index is 0.0346. The van der Waals surface area contributed by atoms with Gasteiger partial charge in [0, 0.05) is 62.4 Å². The third-order valence-electron chi connectivity index (χ3n) is 15.0. The van der Waals surface area contributed by atoms with E-state index < -0.39 is 119 Å². The van der Waals surface area contributed by atoms with Gasteiger partial charge >= 0.3 is 28.4 Å². The molecule has 0 unspecified atom stereocenters. The van der Waals surface area contributed by atoms with Crippen LogP contribution in [0, 0.1) is 11.3 Å². The molecule has 2 saturated heterocycles. The van der Waals surface area contributed by atoms with Crippen LogP contribution in [0.15, 0.2) is 61.1 Å². The predicted octanol–water partition coefficient (Wildman–Crippen LogP) is 2.74. The number of carboxylic acids is 1. The van der Waals surface area contributed by atoms with E-state index in [2.05, 4.69) is 38.1 Å². The van der Waals surface area contributed by atoms with E-state index in [9.17, 15) is 62.4 Å². The predicted molar refractivity (Wildman–Crippen MR) is 287 cm³/mol. The fourth-order valence-corrected chi connectivity index (χ4v) is 10.6. The smallest absolute Gasteiger partial charge is 0.479 e. The molecule has 2 aliphatic heterocycles. The van der Waals surface area contributed by atoms with Gasteiger partial charge in [-0.15, -0.1) is 5.06 Å². The molecule has 1 saturated carbocycles. The molecule has 4 heterocycles. The quantitative estimate of drug-likeness (QED) is 0.0349. The summed E-state index contributed by atoms with van der Waals surface area (Å²) in [6.45, 7) is 5.80. The van der Waals surface area contributed by atoms with E-state index in [4.69, 9.17) is 37.8 Å². The maximum Gasteiger partial charge on any atom is 0.508 e. The molecule has 2 aromatic carbocycles. The minimum atomic E-state index is -4.39. The Bertz CT molecular complexity index is 3180. The lowest BCUT2D eigenvalue weighted by atomic mass is 9.88. The van der Waals surface area contributed by atoms with Crippen molar-refractivity contribution >= 4 is 74.6 Å². The SMILES string of the molecule is CC(C)(CCC(=O)ON1C(=O)CCC1=O)OCCC(C)(C)C(=O)NCCC(=O)Nc1cc(COC(=O)O[C@@H]2C[C@H](n3ccc4c(N[C@H]5CCc6ccccc65)ncnc43)C[C@H]2COS(N)(=O)=O)ccc1O[C@@H]1O[C@H](C(=O)O)[C@@H](O)[C@H](O)[C@H]1O. The van der Waals surface area contributed by atoms with E-state index in [1.807, 2.05) is 29.0 Å². The largest absolute Gasteiger partial charge is 0.508 e. The number of nitrogens with two attached hydrogens (primary N) is 1. The van der Waals surface area contributed by atoms with Crippen LogP contribution >= 0.6 is 0 Å². The van der Waals surface area contributed by atoms with Crippen molar-refractivity contribution in [3.05, 3.63) is 77.7 Å². The maximum atomic E-state index is 13.5. The molecule has 3 fully saturated rings. The van der Waals surface area contributed by atoms with Gasteiger partial charge < -0.3 is 69.5 Å². The number of hydrogen-bond acceptors (Lipinski definition) is 22. The average molecular weight is 1180 g/mol. The number of fused-ring (bicyclic) bond motifs is 2. The number of imide groups is 1. The molecule has 0 bridgehead atoms. The highest BCUT2D eigenvalue weighted by molar-refractivity contribution is 7.84. The Morgan fingerprint density at radius 3 is 2.39 bits per heavy atom. The molecule has 8 rings (SSSR count). The number of nitrogens with one attached hydrogen (secondary N) is 3. The Morgan fingerprint density at radius 1 is 0.904 bits per heavy atom. The van der Waals surface area contributed by atoms with Crippen LogP contribution in [0.5, 0.6) is 5.75 Å². The Labute approximate surface area is 476 Å². The molecular formula is C54H68N8O20S. The van der Waals surface area contributed by atoms with Crippen LogP contribution < -0.4 is 25.8 Å². The van der Waals surface area contributed by atoms with Gasteiger partial charge in [0.05, 0.1) is 35.7 Å². The van der Waals surface area contributed by atoms with E-state index in [0.717, 1.165) is 18.2 Å². The summed E-state index contributed by atoms with van der Waals surface area (Å²) in [5.74, 6) is -5.03. The molecule has 9 atom stereocenters. The topological polar surface area (TPSA) is 395 Å². The number of aromatic nitrogens is 3. The number of benzene rings is 2. The third-order valence-corrected chi connectivity index (χ3v) is 15.4. The summed E-state index contributed by atoms with van der Waals surface area (Å²) in [4.78, 5) is 102. The highest BCUT2D eigenvalue weighted by Gasteiger charge is 2.48. The van der Waals surface area contributed by atoms with Crippen molar-refractivity contribution in [3.63, 3.8) is 0 Å². The van der Waals surface area contributed by atoms with E-state index in [-0.39, 0.29) is 93.6 Å². The molecule has 83 heavy (non-hydrogen) atoms. The molecule has 29 heteroatoms. The van der Waals surface area contributed by atoms with Crippen molar-refractivity contribution in [2.24, 2.45) is 16.5 Å². The Kier molecular flexibility index (Phi) is 19.4. The molecule has 28 nitrogen and oxygen atoms in total. The third kappa shape index (κ3) is 15.6. The molecule has 0 spiro atoms. The van der Waals surface area contributed by atoms with Crippen molar-refractivity contribution in [3.8, 4) is 5.75 Å². The van der Waals surface area contributed by atoms with Gasteiger partial charge in [0.15, 0.2) is 6.10 Å². The van der Waals surface area contributed by atoms with Crippen LogP contribution in [0.1, 0.15) is 114 Å². The van der Waals surface area contributed by atoms with E-state index >= 15 is 0 Å².